The third-order valence-corrected chi connectivity index (χ3v) is 6.11. The van der Waals surface area contributed by atoms with Crippen molar-refractivity contribution < 1.29 is 38.4 Å². The molecule has 2 unspecified atom stereocenters. The zero-order valence-electron chi connectivity index (χ0n) is 17.8. The van der Waals surface area contributed by atoms with E-state index in [0.717, 1.165) is 18.6 Å². The number of aliphatic hydroxyl groups excluding tert-OH is 2. The van der Waals surface area contributed by atoms with Crippen LogP contribution in [0.1, 0.15) is 28.8 Å². The number of nitrogens with one attached hydrogen (secondary N) is 2. The summed E-state index contributed by atoms with van der Waals surface area (Å²) in [5.41, 5.74) is -0.599. The second kappa shape index (κ2) is 11.7. The smallest absolute Gasteiger partial charge is 0.344 e. The molecular formula is C20H23ClF2N4O6S. The van der Waals surface area contributed by atoms with E-state index in [0.29, 0.717) is 44.1 Å². The Morgan fingerprint density at radius 1 is 1.21 bits per heavy atom. The van der Waals surface area contributed by atoms with Crippen molar-refractivity contribution in [2.45, 2.75) is 31.7 Å². The van der Waals surface area contributed by atoms with Gasteiger partial charge in [0.25, 0.3) is 0 Å². The van der Waals surface area contributed by atoms with E-state index in [2.05, 4.69) is 15.0 Å². The molecule has 1 aromatic carbocycles. The highest BCUT2D eigenvalue weighted by Crippen LogP contribution is 2.31. The standard InChI is InChI=1S/C20H23ClF2N4O6S/c21-11-6-12(22)10(5-13(11)23)9-33-17-16(19(30)31)18(34-26-17)25-20(32)24-3-1-2-4-27-7-14(28)15(29)8-27/h5-6,14-15,28-29H,1-4,7-9H2,(H,30,31)(H2,24,25,32). The van der Waals surface area contributed by atoms with Gasteiger partial charge < -0.3 is 25.4 Å². The zero-order valence-corrected chi connectivity index (χ0v) is 19.3. The number of likely N-dealkylation sites (tertiary alicyclic amines) is 1. The SMILES string of the molecule is O=C(NCCCCN1CC(O)C(O)C1)Nc1snc(OCc2cc(F)c(Cl)cc2F)c1C(=O)O. The molecule has 1 saturated heterocycles. The number of carboxylic acids is 1. The van der Waals surface area contributed by atoms with Gasteiger partial charge in [0.15, 0.2) is 5.56 Å². The number of hydrogen-bond acceptors (Lipinski definition) is 8. The van der Waals surface area contributed by atoms with Crippen molar-refractivity contribution in [3.05, 3.63) is 39.9 Å². The molecule has 1 aliphatic heterocycles. The predicted molar refractivity (Wildman–Crippen MR) is 119 cm³/mol. The summed E-state index contributed by atoms with van der Waals surface area (Å²) in [6, 6.07) is 0.977. The van der Waals surface area contributed by atoms with E-state index in [9.17, 15) is 33.7 Å². The number of anilines is 1. The van der Waals surface area contributed by atoms with Crippen molar-refractivity contribution in [1.82, 2.24) is 14.6 Å². The summed E-state index contributed by atoms with van der Waals surface area (Å²) in [6.45, 7) is 1.29. The molecule has 3 rings (SSSR count). The van der Waals surface area contributed by atoms with Crippen LogP contribution in [0.2, 0.25) is 5.02 Å². The number of aliphatic hydroxyl groups is 2. The number of carbonyl (C=O) groups excluding carboxylic acids is 1. The Morgan fingerprint density at radius 3 is 2.59 bits per heavy atom. The average molecular weight is 521 g/mol. The third-order valence-electron chi connectivity index (χ3n) is 5.08. The minimum atomic E-state index is -1.42. The summed E-state index contributed by atoms with van der Waals surface area (Å²) >= 11 is 6.17. The molecule has 10 nitrogen and oxygen atoms in total. The lowest BCUT2D eigenvalue weighted by Crippen LogP contribution is -2.30. The third kappa shape index (κ3) is 6.73. The number of halogens is 3. The first-order valence-corrected chi connectivity index (χ1v) is 11.4. The second-order valence-electron chi connectivity index (χ2n) is 7.63. The molecule has 2 aromatic rings. The molecule has 5 N–H and O–H groups in total. The Labute approximate surface area is 202 Å². The van der Waals surface area contributed by atoms with Crippen LogP contribution in [-0.2, 0) is 6.61 Å². The van der Waals surface area contributed by atoms with Crippen LogP contribution in [0.15, 0.2) is 12.1 Å². The Morgan fingerprint density at radius 2 is 1.91 bits per heavy atom. The van der Waals surface area contributed by atoms with Gasteiger partial charge in [-0.1, -0.05) is 11.6 Å². The number of β-amino-alcohol motifs (C(OH)–C–C–N with tert-alkyl or cyclic N) is 2. The lowest BCUT2D eigenvalue weighted by molar-refractivity contribution is 0.0572. The van der Waals surface area contributed by atoms with E-state index >= 15 is 0 Å². The fourth-order valence-corrected chi connectivity index (χ4v) is 4.18. The number of aromatic nitrogens is 1. The van der Waals surface area contributed by atoms with Gasteiger partial charge in [0.1, 0.15) is 23.2 Å². The number of aromatic carboxylic acids is 1. The fourth-order valence-electron chi connectivity index (χ4n) is 3.31. The van der Waals surface area contributed by atoms with Gasteiger partial charge in [0.2, 0.25) is 5.88 Å². The normalized spacial score (nSPS) is 18.1. The molecule has 2 amide bonds. The van der Waals surface area contributed by atoms with E-state index in [-0.39, 0.29) is 16.4 Å². The molecule has 186 valence electrons. The minimum absolute atomic E-state index is 0.0807. The minimum Gasteiger partial charge on any atom is -0.477 e. The highest BCUT2D eigenvalue weighted by Gasteiger charge is 2.28. The number of nitrogens with zero attached hydrogens (tertiary/aromatic N) is 2. The number of carboxylic acid groups (broad SMARTS) is 1. The molecule has 0 radical (unpaired) electrons. The maximum Gasteiger partial charge on any atom is 0.344 e. The lowest BCUT2D eigenvalue weighted by Gasteiger charge is -2.14. The van der Waals surface area contributed by atoms with Crippen LogP contribution < -0.4 is 15.4 Å². The molecular weight excluding hydrogens is 498 g/mol. The lowest BCUT2D eigenvalue weighted by atomic mass is 10.2. The highest BCUT2D eigenvalue weighted by atomic mass is 35.5. The van der Waals surface area contributed by atoms with E-state index in [1.54, 1.807) is 0 Å². The molecule has 0 spiro atoms. The van der Waals surface area contributed by atoms with Gasteiger partial charge in [-0.25, -0.2) is 18.4 Å². The number of unbranched alkanes of at least 4 members (excludes halogenated alkanes) is 1. The number of urea groups is 1. The monoisotopic (exact) mass is 520 g/mol. The van der Waals surface area contributed by atoms with Crippen LogP contribution in [-0.4, -0.2) is 75.0 Å². The highest BCUT2D eigenvalue weighted by molar-refractivity contribution is 7.11. The van der Waals surface area contributed by atoms with E-state index in [1.807, 2.05) is 4.90 Å². The second-order valence-corrected chi connectivity index (χ2v) is 8.81. The Hall–Kier alpha value is -2.58. The molecule has 14 heteroatoms. The largest absolute Gasteiger partial charge is 0.477 e. The number of carbonyl (C=O) groups is 2. The van der Waals surface area contributed by atoms with Crippen molar-refractivity contribution in [3.8, 4) is 5.88 Å². The summed E-state index contributed by atoms with van der Waals surface area (Å²) in [5, 5.41) is 33.1. The van der Waals surface area contributed by atoms with Crippen LogP contribution in [0.3, 0.4) is 0 Å². The van der Waals surface area contributed by atoms with Gasteiger partial charge in [-0.2, -0.15) is 4.37 Å². The van der Waals surface area contributed by atoms with Crippen molar-refractivity contribution in [2.75, 3.05) is 31.5 Å². The summed E-state index contributed by atoms with van der Waals surface area (Å²) < 4.78 is 36.6. The topological polar surface area (TPSA) is 144 Å². The summed E-state index contributed by atoms with van der Waals surface area (Å²) in [4.78, 5) is 25.7. The number of benzene rings is 1. The Balaban J connectivity index is 1.48. The molecule has 34 heavy (non-hydrogen) atoms. The first-order chi connectivity index (χ1) is 16.2. The summed E-state index contributed by atoms with van der Waals surface area (Å²) in [7, 11) is 0. The van der Waals surface area contributed by atoms with E-state index in [4.69, 9.17) is 16.3 Å². The number of rotatable bonds is 10. The molecule has 0 bridgehead atoms. The van der Waals surface area contributed by atoms with Crippen LogP contribution >= 0.6 is 23.1 Å². The zero-order chi connectivity index (χ0) is 24.8. The molecule has 1 fully saturated rings. The Kier molecular flexibility index (Phi) is 8.97. The molecule has 0 aliphatic carbocycles. The maximum atomic E-state index is 13.9. The quantitative estimate of drug-likeness (QED) is 0.237. The van der Waals surface area contributed by atoms with Gasteiger partial charge in [0.05, 0.1) is 17.2 Å². The first-order valence-electron chi connectivity index (χ1n) is 10.3. The predicted octanol–water partition coefficient (Wildman–Crippen LogP) is 2.29. The number of amides is 2. The van der Waals surface area contributed by atoms with Crippen LogP contribution in [0, 0.1) is 11.6 Å². The first kappa shape index (κ1) is 26.0. The average Bonchev–Trinajstić information content (AvgIpc) is 3.31. The number of hydrogen-bond donors (Lipinski definition) is 5. The van der Waals surface area contributed by atoms with Crippen LogP contribution in [0.5, 0.6) is 5.88 Å². The van der Waals surface area contributed by atoms with Crippen molar-refractivity contribution in [2.24, 2.45) is 0 Å². The van der Waals surface area contributed by atoms with Crippen molar-refractivity contribution in [1.29, 1.82) is 0 Å². The van der Waals surface area contributed by atoms with Crippen LogP contribution in [0.25, 0.3) is 0 Å². The fraction of sp³-hybridized carbons (Fsp3) is 0.450. The molecule has 2 heterocycles. The molecule has 2 atom stereocenters. The molecule has 1 aromatic heterocycles. The van der Waals surface area contributed by atoms with Gasteiger partial charge in [0, 0.05) is 25.2 Å². The Bertz CT molecular complexity index is 1030. The van der Waals surface area contributed by atoms with Gasteiger partial charge in [-0.05, 0) is 43.1 Å². The number of ether oxygens (including phenoxy) is 1. The van der Waals surface area contributed by atoms with E-state index in [1.165, 1.54) is 0 Å². The summed E-state index contributed by atoms with van der Waals surface area (Å²) in [6.07, 6.45) is -0.137. The van der Waals surface area contributed by atoms with Crippen LogP contribution in [0.4, 0.5) is 18.6 Å². The van der Waals surface area contributed by atoms with Gasteiger partial charge in [-0.15, -0.1) is 0 Å². The van der Waals surface area contributed by atoms with Gasteiger partial charge >= 0.3 is 12.0 Å². The van der Waals surface area contributed by atoms with E-state index < -0.39 is 53.0 Å². The molecule has 0 saturated carbocycles. The van der Waals surface area contributed by atoms with Crippen molar-refractivity contribution in [3.63, 3.8) is 0 Å². The van der Waals surface area contributed by atoms with Gasteiger partial charge in [-0.3, -0.25) is 10.2 Å². The maximum absolute atomic E-state index is 13.9. The molecule has 1 aliphatic rings. The van der Waals surface area contributed by atoms with Crippen molar-refractivity contribution >= 4 is 40.1 Å². The summed E-state index contributed by atoms with van der Waals surface area (Å²) in [5.74, 6) is -3.45.